The highest BCUT2D eigenvalue weighted by Gasteiger charge is 2.24. The van der Waals surface area contributed by atoms with Crippen LogP contribution in [0.5, 0.6) is 0 Å². The Hall–Kier alpha value is -2.49. The Morgan fingerprint density at radius 3 is 2.92 bits per heavy atom. The number of aromatic nitrogens is 2. The molecule has 0 amide bonds. The first-order valence-electron chi connectivity index (χ1n) is 8.36. The third kappa shape index (κ3) is 2.96. The van der Waals surface area contributed by atoms with Crippen molar-refractivity contribution >= 4 is 0 Å². The van der Waals surface area contributed by atoms with Crippen molar-refractivity contribution in [2.75, 3.05) is 0 Å². The SMILES string of the molecule is Cc1cccc(C2CCCc3oc(-c4ccc(F)cn4)nc3C2)c1. The molecule has 122 valence electrons. The minimum atomic E-state index is -0.355. The maximum absolute atomic E-state index is 13.0. The number of halogens is 1. The lowest BCUT2D eigenvalue weighted by Crippen LogP contribution is -2.02. The molecule has 1 unspecified atom stereocenters. The topological polar surface area (TPSA) is 38.9 Å². The first kappa shape index (κ1) is 15.1. The monoisotopic (exact) mass is 322 g/mol. The van der Waals surface area contributed by atoms with Crippen LogP contribution in [-0.4, -0.2) is 9.97 Å². The average molecular weight is 322 g/mol. The largest absolute Gasteiger partial charge is 0.440 e. The van der Waals surface area contributed by atoms with Crippen molar-refractivity contribution in [3.8, 4) is 11.6 Å². The first-order valence-corrected chi connectivity index (χ1v) is 8.36. The number of aryl methyl sites for hydroxylation is 2. The highest BCUT2D eigenvalue weighted by atomic mass is 19.1. The van der Waals surface area contributed by atoms with Crippen LogP contribution in [0.2, 0.25) is 0 Å². The van der Waals surface area contributed by atoms with Crippen LogP contribution < -0.4 is 0 Å². The fourth-order valence-electron chi connectivity index (χ4n) is 3.40. The zero-order chi connectivity index (χ0) is 16.5. The molecule has 0 N–H and O–H groups in total. The van der Waals surface area contributed by atoms with E-state index in [-0.39, 0.29) is 5.82 Å². The molecule has 1 atom stereocenters. The molecule has 1 aromatic carbocycles. The van der Waals surface area contributed by atoms with E-state index >= 15 is 0 Å². The summed E-state index contributed by atoms with van der Waals surface area (Å²) in [5.74, 6) is 1.55. The number of fused-ring (bicyclic) bond motifs is 1. The molecule has 2 aromatic heterocycles. The fourth-order valence-corrected chi connectivity index (χ4v) is 3.40. The van der Waals surface area contributed by atoms with Gasteiger partial charge in [0.15, 0.2) is 0 Å². The van der Waals surface area contributed by atoms with E-state index in [2.05, 4.69) is 41.2 Å². The molecule has 4 rings (SSSR count). The normalized spacial score (nSPS) is 17.3. The summed E-state index contributed by atoms with van der Waals surface area (Å²) in [6, 6.07) is 11.7. The van der Waals surface area contributed by atoms with Crippen molar-refractivity contribution < 1.29 is 8.81 Å². The van der Waals surface area contributed by atoms with E-state index in [0.29, 0.717) is 17.5 Å². The average Bonchev–Trinajstić information content (AvgIpc) is 2.87. The van der Waals surface area contributed by atoms with Crippen LogP contribution in [0.15, 0.2) is 47.0 Å². The second kappa shape index (κ2) is 6.19. The molecule has 24 heavy (non-hydrogen) atoms. The Morgan fingerprint density at radius 1 is 1.21 bits per heavy atom. The summed E-state index contributed by atoms with van der Waals surface area (Å²) >= 11 is 0. The number of benzene rings is 1. The number of rotatable bonds is 2. The molecule has 0 saturated carbocycles. The molecule has 1 aliphatic rings. The van der Waals surface area contributed by atoms with Gasteiger partial charge in [-0.1, -0.05) is 29.8 Å². The zero-order valence-corrected chi connectivity index (χ0v) is 13.6. The van der Waals surface area contributed by atoms with E-state index in [9.17, 15) is 4.39 Å². The Kier molecular flexibility index (Phi) is 3.89. The molecular formula is C20H19FN2O. The first-order chi connectivity index (χ1) is 11.7. The molecule has 4 heteroatoms. The molecule has 0 spiro atoms. The summed E-state index contributed by atoms with van der Waals surface area (Å²) in [7, 11) is 0. The number of pyridine rings is 1. The number of nitrogens with zero attached hydrogens (tertiary/aromatic N) is 2. The molecule has 1 aliphatic carbocycles. The smallest absolute Gasteiger partial charge is 0.245 e. The predicted molar refractivity (Wildman–Crippen MR) is 90.3 cm³/mol. The van der Waals surface area contributed by atoms with Gasteiger partial charge in [-0.15, -0.1) is 0 Å². The lowest BCUT2D eigenvalue weighted by atomic mass is 9.91. The van der Waals surface area contributed by atoms with E-state index < -0.39 is 0 Å². The molecular weight excluding hydrogens is 303 g/mol. The maximum Gasteiger partial charge on any atom is 0.245 e. The minimum Gasteiger partial charge on any atom is -0.440 e. The molecule has 0 aliphatic heterocycles. The van der Waals surface area contributed by atoms with Crippen molar-refractivity contribution in [1.82, 2.24) is 9.97 Å². The molecule has 2 heterocycles. The van der Waals surface area contributed by atoms with Crippen LogP contribution in [0, 0.1) is 12.7 Å². The van der Waals surface area contributed by atoms with E-state index in [1.807, 2.05) is 0 Å². The van der Waals surface area contributed by atoms with Crippen LogP contribution >= 0.6 is 0 Å². The van der Waals surface area contributed by atoms with Gasteiger partial charge in [0, 0.05) is 12.8 Å². The van der Waals surface area contributed by atoms with Crippen molar-refractivity contribution in [3.63, 3.8) is 0 Å². The molecule has 3 nitrogen and oxygen atoms in total. The van der Waals surface area contributed by atoms with Gasteiger partial charge in [0.2, 0.25) is 5.89 Å². The van der Waals surface area contributed by atoms with Gasteiger partial charge in [0.05, 0.1) is 11.9 Å². The van der Waals surface area contributed by atoms with Crippen LogP contribution in [0.3, 0.4) is 0 Å². The van der Waals surface area contributed by atoms with Crippen molar-refractivity contribution in [1.29, 1.82) is 0 Å². The quantitative estimate of drug-likeness (QED) is 0.633. The minimum absolute atomic E-state index is 0.355. The Morgan fingerprint density at radius 2 is 2.12 bits per heavy atom. The van der Waals surface area contributed by atoms with Crippen molar-refractivity contribution in [2.45, 2.75) is 38.5 Å². The number of oxazole rings is 1. The fraction of sp³-hybridized carbons (Fsp3) is 0.300. The van der Waals surface area contributed by atoms with Gasteiger partial charge in [-0.25, -0.2) is 14.4 Å². The summed E-state index contributed by atoms with van der Waals surface area (Å²) in [5, 5.41) is 0. The summed E-state index contributed by atoms with van der Waals surface area (Å²) in [6.07, 6.45) is 5.19. The maximum atomic E-state index is 13.0. The summed E-state index contributed by atoms with van der Waals surface area (Å²) in [6.45, 7) is 2.13. The Bertz CT molecular complexity index is 854. The number of hydrogen-bond donors (Lipinski definition) is 0. The highest BCUT2D eigenvalue weighted by Crippen LogP contribution is 2.33. The Labute approximate surface area is 140 Å². The third-order valence-electron chi connectivity index (χ3n) is 4.63. The number of hydrogen-bond acceptors (Lipinski definition) is 3. The predicted octanol–water partition coefficient (Wildman–Crippen LogP) is 4.85. The lowest BCUT2D eigenvalue weighted by molar-refractivity contribution is 0.504. The van der Waals surface area contributed by atoms with Gasteiger partial charge in [-0.3, -0.25) is 0 Å². The molecule has 0 fully saturated rings. The van der Waals surface area contributed by atoms with E-state index in [0.717, 1.165) is 37.1 Å². The van der Waals surface area contributed by atoms with E-state index in [1.165, 1.54) is 23.4 Å². The Balaban J connectivity index is 1.64. The van der Waals surface area contributed by atoms with Gasteiger partial charge in [-0.2, -0.15) is 0 Å². The standard InChI is InChI=1S/C20H19FN2O/c1-13-4-2-5-14(10-13)15-6-3-7-19-18(11-15)23-20(24-19)17-9-8-16(21)12-22-17/h2,4-5,8-10,12,15H,3,6-7,11H2,1H3. The van der Waals surface area contributed by atoms with Gasteiger partial charge in [0.1, 0.15) is 17.3 Å². The second-order valence-corrected chi connectivity index (χ2v) is 6.46. The van der Waals surface area contributed by atoms with Crippen LogP contribution in [0.4, 0.5) is 4.39 Å². The van der Waals surface area contributed by atoms with E-state index in [4.69, 9.17) is 4.42 Å². The van der Waals surface area contributed by atoms with Crippen LogP contribution in [-0.2, 0) is 12.8 Å². The van der Waals surface area contributed by atoms with Gasteiger partial charge >= 0.3 is 0 Å². The van der Waals surface area contributed by atoms with Gasteiger partial charge < -0.3 is 4.42 Å². The third-order valence-corrected chi connectivity index (χ3v) is 4.63. The zero-order valence-electron chi connectivity index (χ0n) is 13.6. The molecule has 0 radical (unpaired) electrons. The van der Waals surface area contributed by atoms with Crippen LogP contribution in [0.25, 0.3) is 11.6 Å². The molecule has 3 aromatic rings. The second-order valence-electron chi connectivity index (χ2n) is 6.46. The lowest BCUT2D eigenvalue weighted by Gasteiger charge is -2.14. The summed E-state index contributed by atoms with van der Waals surface area (Å²) < 4.78 is 19.0. The van der Waals surface area contributed by atoms with Gasteiger partial charge in [-0.05, 0) is 43.4 Å². The van der Waals surface area contributed by atoms with Crippen molar-refractivity contribution in [2.24, 2.45) is 0 Å². The van der Waals surface area contributed by atoms with E-state index in [1.54, 1.807) is 6.07 Å². The van der Waals surface area contributed by atoms with Crippen molar-refractivity contribution in [3.05, 3.63) is 71.0 Å². The summed E-state index contributed by atoms with van der Waals surface area (Å²) in [4.78, 5) is 8.73. The molecule has 0 saturated heterocycles. The molecule has 0 bridgehead atoms. The summed E-state index contributed by atoms with van der Waals surface area (Å²) in [5.41, 5.74) is 4.25. The van der Waals surface area contributed by atoms with Crippen LogP contribution in [0.1, 0.15) is 41.3 Å². The van der Waals surface area contributed by atoms with Gasteiger partial charge in [0.25, 0.3) is 0 Å². The highest BCUT2D eigenvalue weighted by molar-refractivity contribution is 5.47.